The molecule has 1 aromatic heterocycles. The van der Waals surface area contributed by atoms with Crippen LogP contribution >= 0.6 is 0 Å². The number of hydrogen-bond donors (Lipinski definition) is 8. The van der Waals surface area contributed by atoms with E-state index in [1.807, 2.05) is 0 Å². The highest BCUT2D eigenvalue weighted by atomic mass is 16.4. The molecule has 0 aliphatic heterocycles. The van der Waals surface area contributed by atoms with Gasteiger partial charge in [-0.1, -0.05) is 13.8 Å². The molecule has 184 valence electrons. The molecule has 14 nitrogen and oxygen atoms in total. The number of primary amides is 1. The van der Waals surface area contributed by atoms with Crippen LogP contribution in [-0.2, 0) is 30.4 Å². The standard InChI is InChI=1S/C19H31N7O7/c1-9(2)3-13(19(32)33)25-17(30)12(5-15(21)28)24-18(31)14(7-27)26-16(29)11(20)4-10-6-22-8-23-10/h6,8-9,11-14,27H,3-5,7,20H2,1-2H3,(H2,21,28)(H,22,23)(H,24,31)(H,25,30)(H,26,29)(H,32,33). The maximum absolute atomic E-state index is 12.6. The smallest absolute Gasteiger partial charge is 0.326 e. The maximum atomic E-state index is 12.6. The zero-order valence-electron chi connectivity index (χ0n) is 18.4. The molecule has 0 radical (unpaired) electrons. The molecule has 0 spiro atoms. The van der Waals surface area contributed by atoms with E-state index in [1.54, 1.807) is 13.8 Å². The van der Waals surface area contributed by atoms with E-state index >= 15 is 0 Å². The first-order valence-electron chi connectivity index (χ1n) is 10.2. The predicted molar refractivity (Wildman–Crippen MR) is 114 cm³/mol. The number of aromatic nitrogens is 2. The molecule has 1 aromatic rings. The summed E-state index contributed by atoms with van der Waals surface area (Å²) < 4.78 is 0. The van der Waals surface area contributed by atoms with Crippen molar-refractivity contribution in [3.05, 3.63) is 18.2 Å². The zero-order chi connectivity index (χ0) is 25.1. The fourth-order valence-corrected chi connectivity index (χ4v) is 2.85. The first-order chi connectivity index (χ1) is 15.4. The van der Waals surface area contributed by atoms with Crippen LogP contribution in [0.2, 0.25) is 0 Å². The van der Waals surface area contributed by atoms with Crippen molar-refractivity contribution in [3.8, 4) is 0 Å². The molecular formula is C19H31N7O7. The van der Waals surface area contributed by atoms with E-state index in [-0.39, 0.29) is 18.8 Å². The third-order valence-corrected chi connectivity index (χ3v) is 4.51. The molecule has 0 aliphatic carbocycles. The highest BCUT2D eigenvalue weighted by Crippen LogP contribution is 2.06. The minimum Gasteiger partial charge on any atom is -0.480 e. The summed E-state index contributed by atoms with van der Waals surface area (Å²) in [6.07, 6.45) is 2.45. The second-order valence-electron chi connectivity index (χ2n) is 7.89. The largest absolute Gasteiger partial charge is 0.480 e. The van der Waals surface area contributed by atoms with Crippen molar-refractivity contribution in [1.82, 2.24) is 25.9 Å². The third kappa shape index (κ3) is 9.65. The van der Waals surface area contributed by atoms with Crippen molar-refractivity contribution >= 4 is 29.6 Å². The lowest BCUT2D eigenvalue weighted by Gasteiger charge is -2.24. The molecule has 14 heteroatoms. The Morgan fingerprint density at radius 1 is 1.03 bits per heavy atom. The minimum absolute atomic E-state index is 0.0597. The molecule has 0 bridgehead atoms. The lowest BCUT2D eigenvalue weighted by atomic mass is 10.0. The number of hydrogen-bond acceptors (Lipinski definition) is 8. The number of H-pyrrole nitrogens is 1. The van der Waals surface area contributed by atoms with E-state index in [9.17, 15) is 34.2 Å². The fraction of sp³-hybridized carbons (Fsp3) is 0.579. The number of nitrogens with zero attached hydrogens (tertiary/aromatic N) is 1. The number of aromatic amines is 1. The number of rotatable bonds is 14. The summed E-state index contributed by atoms with van der Waals surface area (Å²) in [5.41, 5.74) is 11.5. The molecule has 1 rings (SSSR count). The van der Waals surface area contributed by atoms with Gasteiger partial charge in [0.25, 0.3) is 0 Å². The number of carboxylic acids is 1. The van der Waals surface area contributed by atoms with Crippen molar-refractivity contribution < 1.29 is 34.2 Å². The van der Waals surface area contributed by atoms with Crippen LogP contribution in [0.5, 0.6) is 0 Å². The fourth-order valence-electron chi connectivity index (χ4n) is 2.85. The Labute approximate surface area is 189 Å². The highest BCUT2D eigenvalue weighted by molar-refractivity contribution is 5.96. The Balaban J connectivity index is 2.82. The topological polar surface area (TPSA) is 243 Å². The Kier molecular flexibility index (Phi) is 10.9. The monoisotopic (exact) mass is 469 g/mol. The summed E-state index contributed by atoms with van der Waals surface area (Å²) in [5.74, 6) is -4.97. The van der Waals surface area contributed by atoms with Crippen LogP contribution in [0.3, 0.4) is 0 Å². The summed E-state index contributed by atoms with van der Waals surface area (Å²) in [6.45, 7) is 2.69. The van der Waals surface area contributed by atoms with Crippen molar-refractivity contribution in [2.75, 3.05) is 6.61 Å². The third-order valence-electron chi connectivity index (χ3n) is 4.51. The van der Waals surface area contributed by atoms with Crippen LogP contribution in [0.4, 0.5) is 0 Å². The van der Waals surface area contributed by atoms with E-state index in [1.165, 1.54) is 12.5 Å². The SMILES string of the molecule is CC(C)CC(NC(=O)C(CC(N)=O)NC(=O)C(CO)NC(=O)C(N)Cc1cnc[nH]1)C(=O)O. The zero-order valence-corrected chi connectivity index (χ0v) is 18.4. The Hall–Kier alpha value is -3.52. The van der Waals surface area contributed by atoms with Crippen LogP contribution < -0.4 is 27.4 Å². The quantitative estimate of drug-likeness (QED) is 0.136. The van der Waals surface area contributed by atoms with E-state index in [4.69, 9.17) is 11.5 Å². The summed E-state index contributed by atoms with van der Waals surface area (Å²) in [5, 5.41) is 25.6. The number of aliphatic carboxylic acids is 1. The van der Waals surface area contributed by atoms with Gasteiger partial charge < -0.3 is 42.6 Å². The van der Waals surface area contributed by atoms with Gasteiger partial charge in [0.2, 0.25) is 23.6 Å². The van der Waals surface area contributed by atoms with Gasteiger partial charge in [0, 0.05) is 18.3 Å². The van der Waals surface area contributed by atoms with E-state index in [0.717, 1.165) is 0 Å². The molecule has 0 aromatic carbocycles. The van der Waals surface area contributed by atoms with Crippen LogP contribution in [0.25, 0.3) is 0 Å². The summed E-state index contributed by atoms with van der Waals surface area (Å²) in [7, 11) is 0. The van der Waals surface area contributed by atoms with Crippen LogP contribution in [0, 0.1) is 5.92 Å². The normalized spacial score (nSPS) is 14.6. The molecule has 33 heavy (non-hydrogen) atoms. The molecule has 4 unspecified atom stereocenters. The van der Waals surface area contributed by atoms with Crippen LogP contribution in [-0.4, -0.2) is 80.6 Å². The summed E-state index contributed by atoms with van der Waals surface area (Å²) in [6, 6.07) is -5.32. The van der Waals surface area contributed by atoms with Crippen LogP contribution in [0.1, 0.15) is 32.4 Å². The molecule has 4 amide bonds. The molecule has 0 saturated carbocycles. The first kappa shape index (κ1) is 27.5. The molecule has 0 aliphatic rings. The van der Waals surface area contributed by atoms with Crippen molar-refractivity contribution in [2.45, 2.75) is 57.3 Å². The number of nitrogens with two attached hydrogens (primary N) is 2. The number of aliphatic hydroxyl groups is 1. The van der Waals surface area contributed by atoms with Gasteiger partial charge in [-0.05, 0) is 12.3 Å². The van der Waals surface area contributed by atoms with Gasteiger partial charge >= 0.3 is 5.97 Å². The number of carbonyl (C=O) groups is 5. The second-order valence-corrected chi connectivity index (χ2v) is 7.89. The average Bonchev–Trinajstić information content (AvgIpc) is 3.22. The van der Waals surface area contributed by atoms with Gasteiger partial charge in [-0.15, -0.1) is 0 Å². The van der Waals surface area contributed by atoms with Crippen molar-refractivity contribution in [2.24, 2.45) is 17.4 Å². The number of carbonyl (C=O) groups excluding carboxylic acids is 4. The Bertz CT molecular complexity index is 828. The van der Waals surface area contributed by atoms with Crippen molar-refractivity contribution in [3.63, 3.8) is 0 Å². The summed E-state index contributed by atoms with van der Waals surface area (Å²) in [4.78, 5) is 66.7. The number of carboxylic acid groups (broad SMARTS) is 1. The van der Waals surface area contributed by atoms with Gasteiger partial charge in [-0.2, -0.15) is 0 Å². The predicted octanol–water partition coefficient (Wildman–Crippen LogP) is -3.27. The van der Waals surface area contributed by atoms with E-state index in [2.05, 4.69) is 25.9 Å². The average molecular weight is 469 g/mol. The van der Waals surface area contributed by atoms with E-state index in [0.29, 0.717) is 5.69 Å². The number of imidazole rings is 1. The molecule has 0 saturated heterocycles. The van der Waals surface area contributed by atoms with Crippen molar-refractivity contribution in [1.29, 1.82) is 0 Å². The van der Waals surface area contributed by atoms with Crippen LogP contribution in [0.15, 0.2) is 12.5 Å². The minimum atomic E-state index is -1.52. The molecule has 0 fully saturated rings. The highest BCUT2D eigenvalue weighted by Gasteiger charge is 2.31. The van der Waals surface area contributed by atoms with E-state index < -0.39 is 66.8 Å². The molecule has 4 atom stereocenters. The molecule has 10 N–H and O–H groups in total. The van der Waals surface area contributed by atoms with Gasteiger partial charge in [-0.25, -0.2) is 9.78 Å². The second kappa shape index (κ2) is 13.1. The lowest BCUT2D eigenvalue weighted by Crippen LogP contribution is -2.58. The molecular weight excluding hydrogens is 438 g/mol. The maximum Gasteiger partial charge on any atom is 0.326 e. The van der Waals surface area contributed by atoms with Gasteiger partial charge in [0.15, 0.2) is 0 Å². The number of amides is 4. The summed E-state index contributed by atoms with van der Waals surface area (Å²) >= 11 is 0. The van der Waals surface area contributed by atoms with Gasteiger partial charge in [0.05, 0.1) is 25.4 Å². The Morgan fingerprint density at radius 2 is 1.61 bits per heavy atom. The Morgan fingerprint density at radius 3 is 2.09 bits per heavy atom. The lowest BCUT2D eigenvalue weighted by molar-refractivity contribution is -0.143. The van der Waals surface area contributed by atoms with Gasteiger partial charge in [0.1, 0.15) is 18.1 Å². The molecule has 1 heterocycles. The van der Waals surface area contributed by atoms with Gasteiger partial charge in [-0.3, -0.25) is 19.2 Å². The first-order valence-corrected chi connectivity index (χ1v) is 10.2. The number of aliphatic hydroxyl groups excluding tert-OH is 1. The number of nitrogens with one attached hydrogen (secondary N) is 4.